The van der Waals surface area contributed by atoms with E-state index in [-0.39, 0.29) is 12.1 Å². The number of alkyl carbamates (subject to hydrolysis) is 1. The molecule has 0 aliphatic carbocycles. The standard InChI is InChI=1S/C16H30N2O4/c1-5-21-14(19)8-11-18-9-6-13(7-10-18)12-17-15(20)22-16(2,3)4/h13H,5-12H2,1-4H3,(H,17,20). The third-order valence-corrected chi connectivity index (χ3v) is 3.58. The van der Waals surface area contributed by atoms with Gasteiger partial charge < -0.3 is 19.7 Å². The van der Waals surface area contributed by atoms with Crippen LogP contribution in [0.15, 0.2) is 0 Å². The molecule has 0 saturated carbocycles. The first kappa shape index (κ1) is 18.7. The first-order valence-corrected chi connectivity index (χ1v) is 8.15. The van der Waals surface area contributed by atoms with Crippen LogP contribution in [0.4, 0.5) is 4.79 Å². The number of nitrogens with zero attached hydrogens (tertiary/aromatic N) is 1. The van der Waals surface area contributed by atoms with Crippen LogP contribution in [0.1, 0.15) is 47.0 Å². The summed E-state index contributed by atoms with van der Waals surface area (Å²) in [5.74, 6) is 0.350. The zero-order valence-corrected chi connectivity index (χ0v) is 14.3. The number of nitrogens with one attached hydrogen (secondary N) is 1. The number of esters is 1. The first-order valence-electron chi connectivity index (χ1n) is 8.15. The average Bonchev–Trinajstić information content (AvgIpc) is 2.42. The van der Waals surface area contributed by atoms with Crippen LogP contribution >= 0.6 is 0 Å². The average molecular weight is 314 g/mol. The maximum Gasteiger partial charge on any atom is 0.407 e. The van der Waals surface area contributed by atoms with E-state index in [4.69, 9.17) is 9.47 Å². The molecular weight excluding hydrogens is 284 g/mol. The number of likely N-dealkylation sites (tertiary alicyclic amines) is 1. The quantitative estimate of drug-likeness (QED) is 0.761. The van der Waals surface area contributed by atoms with Crippen LogP contribution in [0.3, 0.4) is 0 Å². The minimum Gasteiger partial charge on any atom is -0.466 e. The Kier molecular flexibility index (Phi) is 7.65. The van der Waals surface area contributed by atoms with Gasteiger partial charge in [-0.3, -0.25) is 4.79 Å². The highest BCUT2D eigenvalue weighted by molar-refractivity contribution is 5.69. The van der Waals surface area contributed by atoms with Gasteiger partial charge in [0.05, 0.1) is 13.0 Å². The minimum atomic E-state index is -0.458. The third kappa shape index (κ3) is 8.22. The summed E-state index contributed by atoms with van der Waals surface area (Å²) in [6.07, 6.45) is 2.16. The molecule has 0 spiro atoms. The van der Waals surface area contributed by atoms with E-state index in [1.165, 1.54) is 0 Å². The van der Waals surface area contributed by atoms with E-state index in [1.807, 2.05) is 27.7 Å². The molecule has 0 unspecified atom stereocenters. The van der Waals surface area contributed by atoms with Crippen LogP contribution in [-0.2, 0) is 14.3 Å². The van der Waals surface area contributed by atoms with Crippen molar-refractivity contribution in [1.82, 2.24) is 10.2 Å². The lowest BCUT2D eigenvalue weighted by atomic mass is 9.97. The highest BCUT2D eigenvalue weighted by Gasteiger charge is 2.21. The van der Waals surface area contributed by atoms with E-state index in [1.54, 1.807) is 0 Å². The SMILES string of the molecule is CCOC(=O)CCN1CCC(CNC(=O)OC(C)(C)C)CC1. The van der Waals surface area contributed by atoms with Crippen LogP contribution in [0.25, 0.3) is 0 Å². The molecule has 6 heteroatoms. The topological polar surface area (TPSA) is 67.9 Å². The van der Waals surface area contributed by atoms with Crippen molar-refractivity contribution in [1.29, 1.82) is 0 Å². The fourth-order valence-electron chi connectivity index (χ4n) is 2.44. The van der Waals surface area contributed by atoms with Gasteiger partial charge in [0.1, 0.15) is 5.60 Å². The second-order valence-electron chi connectivity index (χ2n) is 6.72. The Balaban J connectivity index is 2.15. The molecule has 0 bridgehead atoms. The molecule has 1 fully saturated rings. The van der Waals surface area contributed by atoms with Crippen molar-refractivity contribution in [3.8, 4) is 0 Å². The second kappa shape index (κ2) is 8.98. The van der Waals surface area contributed by atoms with Crippen LogP contribution in [0, 0.1) is 5.92 Å². The van der Waals surface area contributed by atoms with Crippen molar-refractivity contribution in [3.63, 3.8) is 0 Å². The molecule has 1 N–H and O–H groups in total. The Bertz CT molecular complexity index is 358. The van der Waals surface area contributed by atoms with E-state index >= 15 is 0 Å². The summed E-state index contributed by atoms with van der Waals surface area (Å²) in [6, 6.07) is 0. The lowest BCUT2D eigenvalue weighted by Gasteiger charge is -2.31. The number of carbonyl (C=O) groups is 2. The summed E-state index contributed by atoms with van der Waals surface area (Å²) >= 11 is 0. The van der Waals surface area contributed by atoms with E-state index in [0.717, 1.165) is 32.5 Å². The molecule has 128 valence electrons. The van der Waals surface area contributed by atoms with Gasteiger partial charge in [-0.25, -0.2) is 4.79 Å². The predicted octanol–water partition coefficient (Wildman–Crippen LogP) is 2.18. The van der Waals surface area contributed by atoms with Gasteiger partial charge in [0.15, 0.2) is 0 Å². The largest absolute Gasteiger partial charge is 0.466 e. The van der Waals surface area contributed by atoms with Crippen molar-refractivity contribution >= 4 is 12.1 Å². The Hall–Kier alpha value is -1.30. The van der Waals surface area contributed by atoms with Gasteiger partial charge in [0.2, 0.25) is 0 Å². The van der Waals surface area contributed by atoms with Gasteiger partial charge in [-0.05, 0) is 59.5 Å². The zero-order chi connectivity index (χ0) is 16.6. The summed E-state index contributed by atoms with van der Waals surface area (Å²) in [6.45, 7) is 11.2. The molecule has 1 aliphatic rings. The highest BCUT2D eigenvalue weighted by Crippen LogP contribution is 2.17. The van der Waals surface area contributed by atoms with E-state index in [9.17, 15) is 9.59 Å². The van der Waals surface area contributed by atoms with Crippen molar-refractivity contribution < 1.29 is 19.1 Å². The monoisotopic (exact) mass is 314 g/mol. The molecule has 1 aliphatic heterocycles. The zero-order valence-electron chi connectivity index (χ0n) is 14.3. The number of hydrogen-bond acceptors (Lipinski definition) is 5. The summed E-state index contributed by atoms with van der Waals surface area (Å²) in [7, 11) is 0. The second-order valence-corrected chi connectivity index (χ2v) is 6.72. The number of amides is 1. The van der Waals surface area contributed by atoms with Gasteiger partial charge in [-0.15, -0.1) is 0 Å². The molecular formula is C16H30N2O4. The Morgan fingerprint density at radius 3 is 2.41 bits per heavy atom. The summed E-state index contributed by atoms with van der Waals surface area (Å²) in [4.78, 5) is 25.2. The van der Waals surface area contributed by atoms with Crippen molar-refractivity contribution in [3.05, 3.63) is 0 Å². The van der Waals surface area contributed by atoms with Crippen molar-refractivity contribution in [2.75, 3.05) is 32.8 Å². The number of rotatable bonds is 6. The molecule has 1 amide bonds. The number of ether oxygens (including phenoxy) is 2. The van der Waals surface area contributed by atoms with Gasteiger partial charge in [-0.1, -0.05) is 0 Å². The van der Waals surface area contributed by atoms with Crippen LogP contribution in [0.2, 0.25) is 0 Å². The Morgan fingerprint density at radius 2 is 1.86 bits per heavy atom. The number of piperidine rings is 1. The molecule has 0 radical (unpaired) electrons. The smallest absolute Gasteiger partial charge is 0.407 e. The summed E-state index contributed by atoms with van der Waals surface area (Å²) in [5, 5.41) is 2.84. The number of carbonyl (C=O) groups excluding carboxylic acids is 2. The maximum atomic E-state index is 11.6. The Morgan fingerprint density at radius 1 is 1.23 bits per heavy atom. The van der Waals surface area contributed by atoms with Crippen molar-refractivity contribution in [2.45, 2.75) is 52.6 Å². The first-order chi connectivity index (χ1) is 10.3. The van der Waals surface area contributed by atoms with Gasteiger partial charge in [0.25, 0.3) is 0 Å². The molecule has 1 heterocycles. The fraction of sp³-hybridized carbons (Fsp3) is 0.875. The molecule has 22 heavy (non-hydrogen) atoms. The van der Waals surface area contributed by atoms with Gasteiger partial charge in [0, 0.05) is 13.1 Å². The van der Waals surface area contributed by atoms with E-state index < -0.39 is 5.60 Å². The summed E-state index contributed by atoms with van der Waals surface area (Å²) < 4.78 is 10.2. The van der Waals surface area contributed by atoms with Crippen LogP contribution < -0.4 is 5.32 Å². The van der Waals surface area contributed by atoms with Gasteiger partial charge in [-0.2, -0.15) is 0 Å². The molecule has 0 aromatic rings. The summed E-state index contributed by atoms with van der Waals surface area (Å²) in [5.41, 5.74) is -0.458. The lowest BCUT2D eigenvalue weighted by Crippen LogP contribution is -2.40. The molecule has 0 aromatic heterocycles. The maximum absolute atomic E-state index is 11.6. The highest BCUT2D eigenvalue weighted by atomic mass is 16.6. The molecule has 1 rings (SSSR count). The molecule has 0 aromatic carbocycles. The molecule has 1 saturated heterocycles. The lowest BCUT2D eigenvalue weighted by molar-refractivity contribution is -0.143. The third-order valence-electron chi connectivity index (χ3n) is 3.58. The van der Waals surface area contributed by atoms with Gasteiger partial charge >= 0.3 is 12.1 Å². The fourth-order valence-corrected chi connectivity index (χ4v) is 2.44. The number of hydrogen-bond donors (Lipinski definition) is 1. The molecule has 0 atom stereocenters. The normalized spacial score (nSPS) is 17.1. The van der Waals surface area contributed by atoms with Crippen LogP contribution in [-0.4, -0.2) is 55.3 Å². The Labute approximate surface area is 133 Å². The predicted molar refractivity (Wildman–Crippen MR) is 84.7 cm³/mol. The minimum absolute atomic E-state index is 0.129. The van der Waals surface area contributed by atoms with Crippen LogP contribution in [0.5, 0.6) is 0 Å². The van der Waals surface area contributed by atoms with E-state index in [0.29, 0.717) is 25.5 Å². The van der Waals surface area contributed by atoms with E-state index in [2.05, 4.69) is 10.2 Å². The van der Waals surface area contributed by atoms with Crippen molar-refractivity contribution in [2.24, 2.45) is 5.92 Å². The molecule has 6 nitrogen and oxygen atoms in total.